The summed E-state index contributed by atoms with van der Waals surface area (Å²) in [7, 11) is 0. The third-order valence-corrected chi connectivity index (χ3v) is 3.23. The van der Waals surface area contributed by atoms with Crippen LogP contribution in [0.4, 0.5) is 5.95 Å². The van der Waals surface area contributed by atoms with Gasteiger partial charge in [-0.2, -0.15) is 0 Å². The summed E-state index contributed by atoms with van der Waals surface area (Å²) in [6.07, 6.45) is 2.91. The molecule has 2 rings (SSSR count). The lowest BCUT2D eigenvalue weighted by molar-refractivity contribution is -0.149. The molecule has 5 heteroatoms. The number of fused-ring (bicyclic) bond motifs is 1. The fourth-order valence-corrected chi connectivity index (χ4v) is 2.15. The molecule has 94 valence electrons. The summed E-state index contributed by atoms with van der Waals surface area (Å²) < 4.78 is 7.12. The van der Waals surface area contributed by atoms with Gasteiger partial charge in [0.15, 0.2) is 0 Å². The van der Waals surface area contributed by atoms with Gasteiger partial charge in [0.2, 0.25) is 5.95 Å². The third kappa shape index (κ3) is 2.14. The van der Waals surface area contributed by atoms with Gasteiger partial charge in [0, 0.05) is 18.8 Å². The third-order valence-electron chi connectivity index (χ3n) is 3.23. The van der Waals surface area contributed by atoms with E-state index in [1.807, 2.05) is 24.6 Å². The summed E-state index contributed by atoms with van der Waals surface area (Å²) in [5, 5.41) is 3.19. The molecule has 17 heavy (non-hydrogen) atoms. The molecule has 5 nitrogen and oxygen atoms in total. The van der Waals surface area contributed by atoms with Crippen molar-refractivity contribution in [1.29, 1.82) is 0 Å². The number of aromatic nitrogens is 2. The van der Waals surface area contributed by atoms with Crippen LogP contribution in [0.25, 0.3) is 0 Å². The molecule has 1 aromatic rings. The lowest BCUT2D eigenvalue weighted by atomic mass is 10.00. The van der Waals surface area contributed by atoms with Crippen molar-refractivity contribution < 1.29 is 9.53 Å². The fraction of sp³-hybridized carbons (Fsp3) is 0.667. The molecule has 0 amide bonds. The molecule has 2 unspecified atom stereocenters. The predicted molar refractivity (Wildman–Crippen MR) is 64.9 cm³/mol. The number of hydrogen-bond acceptors (Lipinski definition) is 4. The molecule has 0 spiro atoms. The van der Waals surface area contributed by atoms with Crippen molar-refractivity contribution in [3.63, 3.8) is 0 Å². The molecule has 1 aliphatic rings. The van der Waals surface area contributed by atoms with E-state index < -0.39 is 0 Å². The predicted octanol–water partition coefficient (Wildman–Crippen LogP) is 1.61. The topological polar surface area (TPSA) is 56.1 Å². The molecule has 0 bridgehead atoms. The molecule has 0 aromatic carbocycles. The van der Waals surface area contributed by atoms with E-state index in [-0.39, 0.29) is 17.9 Å². The first-order valence-corrected chi connectivity index (χ1v) is 6.15. The smallest absolute Gasteiger partial charge is 0.312 e. The van der Waals surface area contributed by atoms with Gasteiger partial charge in [-0.1, -0.05) is 6.92 Å². The SMILES string of the molecule is CCOC(=O)C1CNc2nc(CC)cn2C1C. The molecule has 1 aromatic heterocycles. The van der Waals surface area contributed by atoms with Crippen LogP contribution >= 0.6 is 0 Å². The summed E-state index contributed by atoms with van der Waals surface area (Å²) in [6.45, 7) is 6.96. The number of rotatable bonds is 3. The molecule has 2 atom stereocenters. The number of hydrogen-bond donors (Lipinski definition) is 1. The van der Waals surface area contributed by atoms with Gasteiger partial charge in [0.25, 0.3) is 0 Å². The average molecular weight is 237 g/mol. The Bertz CT molecular complexity index is 414. The van der Waals surface area contributed by atoms with Crippen LogP contribution in [0.5, 0.6) is 0 Å². The van der Waals surface area contributed by atoms with Crippen molar-refractivity contribution in [3.8, 4) is 0 Å². The number of anilines is 1. The van der Waals surface area contributed by atoms with E-state index in [0.717, 1.165) is 18.1 Å². The van der Waals surface area contributed by atoms with Crippen LogP contribution in [-0.4, -0.2) is 28.7 Å². The van der Waals surface area contributed by atoms with Crippen LogP contribution in [0.15, 0.2) is 6.20 Å². The van der Waals surface area contributed by atoms with E-state index in [1.54, 1.807) is 0 Å². The Morgan fingerprint density at radius 3 is 3.06 bits per heavy atom. The van der Waals surface area contributed by atoms with Crippen molar-refractivity contribution >= 4 is 11.9 Å². The quantitative estimate of drug-likeness (QED) is 0.811. The normalized spacial score (nSPS) is 22.8. The zero-order valence-electron chi connectivity index (χ0n) is 10.6. The Hall–Kier alpha value is -1.52. The van der Waals surface area contributed by atoms with Crippen molar-refractivity contribution in [2.75, 3.05) is 18.5 Å². The minimum atomic E-state index is -0.138. The maximum Gasteiger partial charge on any atom is 0.312 e. The molecular weight excluding hydrogens is 218 g/mol. The van der Waals surface area contributed by atoms with Gasteiger partial charge >= 0.3 is 5.97 Å². The summed E-state index contributed by atoms with van der Waals surface area (Å²) in [6, 6.07) is 0.0955. The zero-order chi connectivity index (χ0) is 12.4. The highest BCUT2D eigenvalue weighted by Crippen LogP contribution is 2.28. The standard InChI is InChI=1S/C12H19N3O2/c1-4-9-7-15-8(3)10(11(16)17-5-2)6-13-12(15)14-9/h7-8,10H,4-6H2,1-3H3,(H,13,14). The molecule has 0 saturated carbocycles. The molecule has 0 aliphatic carbocycles. The number of carbonyl (C=O) groups is 1. The second kappa shape index (κ2) is 4.77. The number of imidazole rings is 1. The number of carbonyl (C=O) groups excluding carboxylic acids is 1. The minimum absolute atomic E-state index is 0.0955. The lowest BCUT2D eigenvalue weighted by Gasteiger charge is -2.29. The summed E-state index contributed by atoms with van der Waals surface area (Å²) in [4.78, 5) is 16.3. The van der Waals surface area contributed by atoms with Gasteiger partial charge in [-0.25, -0.2) is 4.98 Å². The van der Waals surface area contributed by atoms with E-state index in [0.29, 0.717) is 13.2 Å². The maximum atomic E-state index is 11.8. The Kier molecular flexibility index (Phi) is 3.36. The number of esters is 1. The van der Waals surface area contributed by atoms with Crippen molar-refractivity contribution in [2.24, 2.45) is 5.92 Å². The van der Waals surface area contributed by atoms with E-state index in [2.05, 4.69) is 17.2 Å². The van der Waals surface area contributed by atoms with E-state index in [9.17, 15) is 4.79 Å². The highest BCUT2D eigenvalue weighted by atomic mass is 16.5. The molecule has 1 aliphatic heterocycles. The Morgan fingerprint density at radius 1 is 1.65 bits per heavy atom. The molecule has 2 heterocycles. The number of nitrogens with zero attached hydrogens (tertiary/aromatic N) is 2. The van der Waals surface area contributed by atoms with Gasteiger partial charge in [0.1, 0.15) is 0 Å². The van der Waals surface area contributed by atoms with E-state index >= 15 is 0 Å². The first kappa shape index (κ1) is 12.0. The molecule has 1 N–H and O–H groups in total. The first-order valence-electron chi connectivity index (χ1n) is 6.15. The van der Waals surface area contributed by atoms with E-state index in [4.69, 9.17) is 4.74 Å². The first-order chi connectivity index (χ1) is 8.17. The molecule has 0 saturated heterocycles. The summed E-state index contributed by atoms with van der Waals surface area (Å²) >= 11 is 0. The van der Waals surface area contributed by atoms with Crippen molar-refractivity contribution in [2.45, 2.75) is 33.2 Å². The largest absolute Gasteiger partial charge is 0.466 e. The van der Waals surface area contributed by atoms with Gasteiger partial charge in [-0.15, -0.1) is 0 Å². The van der Waals surface area contributed by atoms with Crippen molar-refractivity contribution in [3.05, 3.63) is 11.9 Å². The molecule has 0 radical (unpaired) electrons. The second-order valence-corrected chi connectivity index (χ2v) is 4.30. The van der Waals surface area contributed by atoms with Crippen LogP contribution in [0.3, 0.4) is 0 Å². The summed E-state index contributed by atoms with van der Waals surface area (Å²) in [5.41, 5.74) is 1.05. The van der Waals surface area contributed by atoms with Gasteiger partial charge in [0.05, 0.1) is 18.2 Å². The summed E-state index contributed by atoms with van der Waals surface area (Å²) in [5.74, 6) is 0.584. The van der Waals surface area contributed by atoms with Crippen LogP contribution in [0.1, 0.15) is 32.5 Å². The molecule has 0 fully saturated rings. The Labute approximate surface area is 101 Å². The number of nitrogens with one attached hydrogen (secondary N) is 1. The minimum Gasteiger partial charge on any atom is -0.466 e. The highest BCUT2D eigenvalue weighted by Gasteiger charge is 2.33. The van der Waals surface area contributed by atoms with Crippen LogP contribution in [0.2, 0.25) is 0 Å². The van der Waals surface area contributed by atoms with Gasteiger partial charge < -0.3 is 14.6 Å². The Morgan fingerprint density at radius 2 is 2.41 bits per heavy atom. The highest BCUT2D eigenvalue weighted by molar-refractivity contribution is 5.74. The maximum absolute atomic E-state index is 11.8. The van der Waals surface area contributed by atoms with Crippen LogP contribution in [-0.2, 0) is 16.0 Å². The lowest BCUT2D eigenvalue weighted by Crippen LogP contribution is -2.37. The monoisotopic (exact) mass is 237 g/mol. The van der Waals surface area contributed by atoms with Gasteiger partial charge in [-0.05, 0) is 20.3 Å². The Balaban J connectivity index is 2.20. The number of ether oxygens (including phenoxy) is 1. The zero-order valence-corrected chi connectivity index (χ0v) is 10.6. The average Bonchev–Trinajstić information content (AvgIpc) is 2.73. The van der Waals surface area contributed by atoms with E-state index in [1.165, 1.54) is 0 Å². The van der Waals surface area contributed by atoms with Crippen LogP contribution in [0, 0.1) is 5.92 Å². The second-order valence-electron chi connectivity index (χ2n) is 4.30. The number of aryl methyl sites for hydroxylation is 1. The van der Waals surface area contributed by atoms with Gasteiger partial charge in [-0.3, -0.25) is 4.79 Å². The fourth-order valence-electron chi connectivity index (χ4n) is 2.15. The van der Waals surface area contributed by atoms with Crippen molar-refractivity contribution in [1.82, 2.24) is 9.55 Å². The van der Waals surface area contributed by atoms with Crippen LogP contribution < -0.4 is 5.32 Å². The molecular formula is C12H19N3O2.